The fraction of sp³-hybridized carbons (Fsp3) is 0.400. The molecule has 0 saturated carbocycles. The van der Waals surface area contributed by atoms with Crippen molar-refractivity contribution in [3.63, 3.8) is 0 Å². The lowest BCUT2D eigenvalue weighted by Gasteiger charge is -2.20. The van der Waals surface area contributed by atoms with Gasteiger partial charge in [0.2, 0.25) is 0 Å². The van der Waals surface area contributed by atoms with Crippen molar-refractivity contribution in [2.45, 2.75) is 13.8 Å². The third kappa shape index (κ3) is 2.68. The maximum atomic E-state index is 10.9. The molecule has 0 amide bonds. The van der Waals surface area contributed by atoms with Gasteiger partial charge in [-0.25, -0.2) is 0 Å². The molecule has 0 radical (unpaired) electrons. The molecule has 82 valence electrons. The molecule has 15 heavy (non-hydrogen) atoms. The van der Waals surface area contributed by atoms with E-state index < -0.39 is 0 Å². The summed E-state index contributed by atoms with van der Waals surface area (Å²) in [5.74, 6) is 0. The fourth-order valence-corrected chi connectivity index (χ4v) is 1.82. The van der Waals surface area contributed by atoms with Gasteiger partial charge in [-0.3, -0.25) is 10.1 Å². The molecule has 0 atom stereocenters. The number of benzene rings is 1. The number of hydrogen-bond donors (Lipinski definition) is 0. The van der Waals surface area contributed by atoms with Gasteiger partial charge in [-0.2, -0.15) is 0 Å². The highest BCUT2D eigenvalue weighted by Gasteiger charge is 2.17. The van der Waals surface area contributed by atoms with Gasteiger partial charge in [0.05, 0.1) is 4.92 Å². The van der Waals surface area contributed by atoms with Gasteiger partial charge < -0.3 is 4.90 Å². The number of hydrogen-bond acceptors (Lipinski definition) is 3. The van der Waals surface area contributed by atoms with Crippen LogP contribution in [0.5, 0.6) is 0 Å². The normalized spacial score (nSPS) is 10.1. The first-order valence-electron chi connectivity index (χ1n) is 4.79. The third-order valence-electron chi connectivity index (χ3n) is 2.24. The van der Waals surface area contributed by atoms with E-state index in [2.05, 4.69) is 15.9 Å². The second-order valence-corrected chi connectivity index (χ2v) is 3.98. The van der Waals surface area contributed by atoms with Crippen LogP contribution in [0.15, 0.2) is 22.7 Å². The van der Waals surface area contributed by atoms with Crippen LogP contribution in [-0.4, -0.2) is 18.0 Å². The Hall–Kier alpha value is -1.10. The van der Waals surface area contributed by atoms with Crippen molar-refractivity contribution in [1.82, 2.24) is 0 Å². The first kappa shape index (κ1) is 12.0. The van der Waals surface area contributed by atoms with Gasteiger partial charge in [-0.05, 0) is 26.0 Å². The van der Waals surface area contributed by atoms with Crippen LogP contribution in [-0.2, 0) is 0 Å². The van der Waals surface area contributed by atoms with E-state index in [4.69, 9.17) is 0 Å². The molecule has 0 saturated heterocycles. The summed E-state index contributed by atoms with van der Waals surface area (Å²) in [5.41, 5.74) is 0.821. The first-order chi connectivity index (χ1) is 7.10. The summed E-state index contributed by atoms with van der Waals surface area (Å²) in [6.45, 7) is 5.49. The Balaban J connectivity index is 3.21. The molecule has 0 heterocycles. The number of anilines is 1. The van der Waals surface area contributed by atoms with Crippen molar-refractivity contribution in [1.29, 1.82) is 0 Å². The Morgan fingerprint density at radius 3 is 2.47 bits per heavy atom. The van der Waals surface area contributed by atoms with Crippen molar-refractivity contribution in [3.8, 4) is 0 Å². The van der Waals surface area contributed by atoms with Crippen LogP contribution < -0.4 is 4.90 Å². The molecule has 0 aliphatic rings. The second-order valence-electron chi connectivity index (χ2n) is 3.06. The summed E-state index contributed by atoms with van der Waals surface area (Å²) >= 11 is 3.23. The van der Waals surface area contributed by atoms with E-state index in [0.717, 1.165) is 17.6 Å². The summed E-state index contributed by atoms with van der Waals surface area (Å²) in [6, 6.07) is 5.13. The van der Waals surface area contributed by atoms with Gasteiger partial charge in [0.25, 0.3) is 5.69 Å². The van der Waals surface area contributed by atoms with Crippen molar-refractivity contribution in [2.24, 2.45) is 0 Å². The zero-order chi connectivity index (χ0) is 11.4. The van der Waals surface area contributed by atoms with Crippen molar-refractivity contribution < 1.29 is 4.92 Å². The van der Waals surface area contributed by atoms with Gasteiger partial charge in [-0.1, -0.05) is 15.9 Å². The summed E-state index contributed by atoms with van der Waals surface area (Å²) in [4.78, 5) is 12.5. The molecule has 1 rings (SSSR count). The number of nitrogens with zero attached hydrogens (tertiary/aromatic N) is 2. The highest BCUT2D eigenvalue weighted by atomic mass is 79.9. The van der Waals surface area contributed by atoms with Crippen LogP contribution in [0.2, 0.25) is 0 Å². The molecule has 1 aromatic carbocycles. The maximum absolute atomic E-state index is 10.9. The molecular weight excluding hydrogens is 260 g/mol. The summed E-state index contributed by atoms with van der Waals surface area (Å²) < 4.78 is 0.727. The van der Waals surface area contributed by atoms with Gasteiger partial charge in [-0.15, -0.1) is 0 Å². The Labute approximate surface area is 97.2 Å². The predicted molar refractivity (Wildman–Crippen MR) is 64.4 cm³/mol. The average Bonchev–Trinajstić information content (AvgIpc) is 2.21. The van der Waals surface area contributed by atoms with E-state index in [-0.39, 0.29) is 10.6 Å². The first-order valence-corrected chi connectivity index (χ1v) is 5.58. The van der Waals surface area contributed by atoms with Crippen molar-refractivity contribution in [3.05, 3.63) is 32.8 Å². The van der Waals surface area contributed by atoms with Crippen molar-refractivity contribution >= 4 is 27.3 Å². The van der Waals surface area contributed by atoms with Gasteiger partial charge in [0, 0.05) is 23.6 Å². The molecule has 0 spiro atoms. The minimum Gasteiger partial charge on any atom is -0.367 e. The number of halogens is 1. The lowest BCUT2D eigenvalue weighted by Crippen LogP contribution is -2.22. The standard InChI is InChI=1S/C10H13BrN2O2/c1-3-12(4-2)9-6-5-8(11)7-10(9)13(14)15/h5-7H,3-4H2,1-2H3. The minimum absolute atomic E-state index is 0.146. The van der Waals surface area contributed by atoms with E-state index in [1.807, 2.05) is 24.8 Å². The summed E-state index contributed by atoms with van der Waals surface area (Å²) in [7, 11) is 0. The molecule has 0 fully saturated rings. The molecular formula is C10H13BrN2O2. The Morgan fingerprint density at radius 2 is 2.00 bits per heavy atom. The SMILES string of the molecule is CCN(CC)c1ccc(Br)cc1[N+](=O)[O-]. The van der Waals surface area contributed by atoms with Gasteiger partial charge in [0.1, 0.15) is 5.69 Å². The molecule has 0 aliphatic heterocycles. The average molecular weight is 273 g/mol. The molecule has 0 unspecified atom stereocenters. The third-order valence-corrected chi connectivity index (χ3v) is 2.73. The Morgan fingerprint density at radius 1 is 1.40 bits per heavy atom. The summed E-state index contributed by atoms with van der Waals surface area (Å²) in [6.07, 6.45) is 0. The predicted octanol–water partition coefficient (Wildman–Crippen LogP) is 3.20. The van der Waals surface area contributed by atoms with Gasteiger partial charge >= 0.3 is 0 Å². The highest BCUT2D eigenvalue weighted by Crippen LogP contribution is 2.30. The number of nitro benzene ring substituents is 1. The summed E-state index contributed by atoms with van der Waals surface area (Å²) in [5, 5.41) is 10.9. The number of rotatable bonds is 4. The molecule has 1 aromatic rings. The van der Waals surface area contributed by atoms with Crippen molar-refractivity contribution in [2.75, 3.05) is 18.0 Å². The lowest BCUT2D eigenvalue weighted by molar-refractivity contribution is -0.384. The minimum atomic E-state index is -0.349. The Bertz CT molecular complexity index is 364. The van der Waals surface area contributed by atoms with Crippen LogP contribution in [0.3, 0.4) is 0 Å². The maximum Gasteiger partial charge on any atom is 0.293 e. The fourth-order valence-electron chi connectivity index (χ4n) is 1.47. The van der Waals surface area contributed by atoms with E-state index in [9.17, 15) is 10.1 Å². The zero-order valence-electron chi connectivity index (χ0n) is 8.74. The molecule has 4 nitrogen and oxygen atoms in total. The van der Waals surface area contributed by atoms with Crippen LogP contribution in [0.4, 0.5) is 11.4 Å². The quantitative estimate of drug-likeness (QED) is 0.625. The highest BCUT2D eigenvalue weighted by molar-refractivity contribution is 9.10. The second kappa shape index (κ2) is 5.11. The number of nitro groups is 1. The molecule has 0 bridgehead atoms. The molecule has 0 aliphatic carbocycles. The molecule has 5 heteroatoms. The van der Waals surface area contributed by atoms with Crippen LogP contribution >= 0.6 is 15.9 Å². The topological polar surface area (TPSA) is 46.4 Å². The smallest absolute Gasteiger partial charge is 0.293 e. The molecule has 0 N–H and O–H groups in total. The molecule has 0 aromatic heterocycles. The lowest BCUT2D eigenvalue weighted by atomic mass is 10.2. The van der Waals surface area contributed by atoms with E-state index in [1.54, 1.807) is 6.07 Å². The Kier molecular flexibility index (Phi) is 4.08. The van der Waals surface area contributed by atoms with Crippen LogP contribution in [0.25, 0.3) is 0 Å². The van der Waals surface area contributed by atoms with Gasteiger partial charge in [0.15, 0.2) is 0 Å². The zero-order valence-corrected chi connectivity index (χ0v) is 10.3. The monoisotopic (exact) mass is 272 g/mol. The van der Waals surface area contributed by atoms with E-state index in [1.165, 1.54) is 6.07 Å². The van der Waals surface area contributed by atoms with E-state index in [0.29, 0.717) is 5.69 Å². The van der Waals surface area contributed by atoms with Crippen LogP contribution in [0, 0.1) is 10.1 Å². The van der Waals surface area contributed by atoms with Crippen LogP contribution in [0.1, 0.15) is 13.8 Å². The van der Waals surface area contributed by atoms with E-state index >= 15 is 0 Å². The largest absolute Gasteiger partial charge is 0.367 e.